The molecule has 0 radical (unpaired) electrons. The lowest BCUT2D eigenvalue weighted by Gasteiger charge is -2.08. The van der Waals surface area contributed by atoms with Gasteiger partial charge in [-0.1, -0.05) is 6.07 Å². The second kappa shape index (κ2) is 3.91. The fourth-order valence-corrected chi connectivity index (χ4v) is 2.56. The van der Waals surface area contributed by atoms with Gasteiger partial charge in [-0.15, -0.1) is 0 Å². The first-order valence-corrected chi connectivity index (χ1v) is 5.94. The Morgan fingerprint density at radius 3 is 3.25 bits per heavy atom. The van der Waals surface area contributed by atoms with E-state index in [1.165, 1.54) is 42.4 Å². The van der Waals surface area contributed by atoms with E-state index in [-0.39, 0.29) is 0 Å². The van der Waals surface area contributed by atoms with Crippen LogP contribution < -0.4 is 5.32 Å². The quantitative estimate of drug-likeness (QED) is 0.826. The van der Waals surface area contributed by atoms with E-state index in [4.69, 9.17) is 0 Å². The highest BCUT2D eigenvalue weighted by Crippen LogP contribution is 2.19. The van der Waals surface area contributed by atoms with Crippen LogP contribution in [0.4, 0.5) is 0 Å². The predicted octanol–water partition coefficient (Wildman–Crippen LogP) is 1.73. The van der Waals surface area contributed by atoms with Crippen molar-refractivity contribution in [2.45, 2.75) is 12.8 Å². The van der Waals surface area contributed by atoms with Gasteiger partial charge in [0.2, 0.25) is 0 Å². The molecule has 1 atom stereocenters. The number of nitrogens with one attached hydrogen (secondary N) is 1. The van der Waals surface area contributed by atoms with E-state index in [1.807, 2.05) is 17.9 Å². The third-order valence-electron chi connectivity index (χ3n) is 3.50. The maximum absolute atomic E-state index is 4.27. The molecule has 3 rings (SSSR count). The molecule has 1 unspecified atom stereocenters. The highest BCUT2D eigenvalue weighted by Gasteiger charge is 2.14. The van der Waals surface area contributed by atoms with Crippen molar-refractivity contribution in [2.75, 3.05) is 13.1 Å². The number of benzene rings is 1. The number of rotatable bonds is 2. The van der Waals surface area contributed by atoms with Crippen molar-refractivity contribution in [3.63, 3.8) is 0 Å². The molecule has 1 aliphatic rings. The van der Waals surface area contributed by atoms with Crippen LogP contribution in [0, 0.1) is 5.92 Å². The summed E-state index contributed by atoms with van der Waals surface area (Å²) in [7, 11) is 1.99. The second-order valence-electron chi connectivity index (χ2n) is 4.72. The molecule has 0 amide bonds. The fourth-order valence-electron chi connectivity index (χ4n) is 2.56. The maximum Gasteiger partial charge on any atom is 0.0679 e. The Labute approximate surface area is 95.5 Å². The molecular formula is C13H17N3. The first-order chi connectivity index (χ1) is 7.83. The summed E-state index contributed by atoms with van der Waals surface area (Å²) in [6.07, 6.45) is 4.45. The number of nitrogens with zero attached hydrogens (tertiary/aromatic N) is 2. The van der Waals surface area contributed by atoms with E-state index in [9.17, 15) is 0 Å². The first kappa shape index (κ1) is 9.85. The van der Waals surface area contributed by atoms with Crippen LogP contribution in [0.25, 0.3) is 10.9 Å². The molecule has 1 N–H and O–H groups in total. The van der Waals surface area contributed by atoms with Gasteiger partial charge in [-0.3, -0.25) is 4.68 Å². The highest BCUT2D eigenvalue weighted by molar-refractivity contribution is 5.79. The van der Waals surface area contributed by atoms with E-state index in [1.54, 1.807) is 0 Å². The van der Waals surface area contributed by atoms with Gasteiger partial charge in [-0.25, -0.2) is 0 Å². The van der Waals surface area contributed by atoms with Gasteiger partial charge in [0, 0.05) is 12.4 Å². The second-order valence-corrected chi connectivity index (χ2v) is 4.72. The van der Waals surface area contributed by atoms with Crippen LogP contribution in [0.5, 0.6) is 0 Å². The zero-order chi connectivity index (χ0) is 11.0. The highest BCUT2D eigenvalue weighted by atomic mass is 15.2. The van der Waals surface area contributed by atoms with Gasteiger partial charge in [0.25, 0.3) is 0 Å². The van der Waals surface area contributed by atoms with E-state index in [0.717, 1.165) is 5.92 Å². The Hall–Kier alpha value is -1.35. The summed E-state index contributed by atoms with van der Waals surface area (Å²) in [6, 6.07) is 6.70. The molecule has 0 saturated carbocycles. The third-order valence-corrected chi connectivity index (χ3v) is 3.50. The normalized spacial score (nSPS) is 20.7. The fraction of sp³-hybridized carbons (Fsp3) is 0.462. The first-order valence-electron chi connectivity index (χ1n) is 5.94. The molecule has 2 aromatic rings. The molecule has 1 aromatic carbocycles. The van der Waals surface area contributed by atoms with E-state index in [2.05, 4.69) is 28.6 Å². The molecule has 1 aromatic heterocycles. The van der Waals surface area contributed by atoms with Crippen molar-refractivity contribution in [3.8, 4) is 0 Å². The molecule has 16 heavy (non-hydrogen) atoms. The van der Waals surface area contributed by atoms with E-state index < -0.39 is 0 Å². The van der Waals surface area contributed by atoms with Gasteiger partial charge in [0.1, 0.15) is 0 Å². The lowest BCUT2D eigenvalue weighted by molar-refractivity contribution is 0.580. The summed E-state index contributed by atoms with van der Waals surface area (Å²) >= 11 is 0. The monoisotopic (exact) mass is 215 g/mol. The minimum atomic E-state index is 0.814. The van der Waals surface area contributed by atoms with Crippen LogP contribution in [0.15, 0.2) is 24.4 Å². The number of hydrogen-bond donors (Lipinski definition) is 1. The molecule has 0 bridgehead atoms. The summed E-state index contributed by atoms with van der Waals surface area (Å²) in [4.78, 5) is 0. The van der Waals surface area contributed by atoms with E-state index >= 15 is 0 Å². The Morgan fingerprint density at radius 2 is 2.44 bits per heavy atom. The summed E-state index contributed by atoms with van der Waals surface area (Å²) in [5.74, 6) is 0.814. The van der Waals surface area contributed by atoms with Crippen LogP contribution in [0.3, 0.4) is 0 Å². The topological polar surface area (TPSA) is 29.9 Å². The van der Waals surface area contributed by atoms with Crippen LogP contribution in [-0.4, -0.2) is 22.9 Å². The average molecular weight is 215 g/mol. The van der Waals surface area contributed by atoms with Crippen LogP contribution in [0.2, 0.25) is 0 Å². The summed E-state index contributed by atoms with van der Waals surface area (Å²) < 4.78 is 1.93. The van der Waals surface area contributed by atoms with Crippen molar-refractivity contribution >= 4 is 10.9 Å². The SMILES string of the molecule is Cn1ncc2cc(CC3CCNC3)ccc21. The van der Waals surface area contributed by atoms with Crippen LogP contribution in [0.1, 0.15) is 12.0 Å². The van der Waals surface area contributed by atoms with Crippen molar-refractivity contribution in [3.05, 3.63) is 30.0 Å². The van der Waals surface area contributed by atoms with Crippen molar-refractivity contribution in [2.24, 2.45) is 13.0 Å². The van der Waals surface area contributed by atoms with Gasteiger partial charge in [0.15, 0.2) is 0 Å². The zero-order valence-corrected chi connectivity index (χ0v) is 9.61. The van der Waals surface area contributed by atoms with E-state index in [0.29, 0.717) is 0 Å². The predicted molar refractivity (Wildman–Crippen MR) is 65.4 cm³/mol. The van der Waals surface area contributed by atoms with Gasteiger partial charge >= 0.3 is 0 Å². The summed E-state index contributed by atoms with van der Waals surface area (Å²) in [5, 5.41) is 8.95. The summed E-state index contributed by atoms with van der Waals surface area (Å²) in [6.45, 7) is 2.35. The molecule has 1 aliphatic heterocycles. The maximum atomic E-state index is 4.27. The standard InChI is InChI=1S/C13H17N3/c1-16-13-3-2-10(7-12(13)9-15-16)6-11-4-5-14-8-11/h2-3,7,9,11,14H,4-6,8H2,1H3. The molecule has 1 fully saturated rings. The molecule has 0 spiro atoms. The Morgan fingerprint density at radius 1 is 1.50 bits per heavy atom. The van der Waals surface area contributed by atoms with Crippen LogP contribution in [-0.2, 0) is 13.5 Å². The lowest BCUT2D eigenvalue weighted by Crippen LogP contribution is -2.10. The smallest absolute Gasteiger partial charge is 0.0679 e. The number of hydrogen-bond acceptors (Lipinski definition) is 2. The van der Waals surface area contributed by atoms with Crippen molar-refractivity contribution in [1.82, 2.24) is 15.1 Å². The van der Waals surface area contributed by atoms with Gasteiger partial charge in [-0.05, 0) is 49.5 Å². The molecule has 3 nitrogen and oxygen atoms in total. The van der Waals surface area contributed by atoms with Crippen molar-refractivity contribution in [1.29, 1.82) is 0 Å². The molecular weight excluding hydrogens is 198 g/mol. The molecule has 84 valence electrons. The molecule has 3 heteroatoms. The summed E-state index contributed by atoms with van der Waals surface area (Å²) in [5.41, 5.74) is 2.66. The number of aromatic nitrogens is 2. The van der Waals surface area contributed by atoms with Gasteiger partial charge in [0.05, 0.1) is 11.7 Å². The minimum absolute atomic E-state index is 0.814. The third kappa shape index (κ3) is 1.71. The van der Waals surface area contributed by atoms with Crippen LogP contribution >= 0.6 is 0 Å². The number of fused-ring (bicyclic) bond motifs is 1. The average Bonchev–Trinajstić information content (AvgIpc) is 2.90. The van der Waals surface area contributed by atoms with Crippen molar-refractivity contribution < 1.29 is 0 Å². The minimum Gasteiger partial charge on any atom is -0.316 e. The molecule has 1 saturated heterocycles. The largest absolute Gasteiger partial charge is 0.316 e. The molecule has 0 aliphatic carbocycles. The zero-order valence-electron chi connectivity index (χ0n) is 9.61. The Balaban J connectivity index is 1.87. The lowest BCUT2D eigenvalue weighted by atomic mass is 9.98. The van der Waals surface area contributed by atoms with Gasteiger partial charge in [-0.2, -0.15) is 5.10 Å². The van der Waals surface area contributed by atoms with Gasteiger partial charge < -0.3 is 5.32 Å². The molecule has 2 heterocycles. The Bertz CT molecular complexity index is 495. The Kier molecular flexibility index (Phi) is 2.40. The number of aryl methyl sites for hydroxylation is 1.